The van der Waals surface area contributed by atoms with Gasteiger partial charge in [0.25, 0.3) is 0 Å². The van der Waals surface area contributed by atoms with Gasteiger partial charge in [0.2, 0.25) is 10.0 Å². The predicted octanol–water partition coefficient (Wildman–Crippen LogP) is 1.56. The van der Waals surface area contributed by atoms with E-state index in [0.29, 0.717) is 13.0 Å². The van der Waals surface area contributed by atoms with E-state index >= 15 is 0 Å². The van der Waals surface area contributed by atoms with Crippen molar-refractivity contribution in [2.75, 3.05) is 25.4 Å². The molecule has 1 aromatic rings. The average molecular weight is 305 g/mol. The molecule has 0 radical (unpaired) electrons. The van der Waals surface area contributed by atoms with Crippen molar-refractivity contribution in [2.24, 2.45) is 0 Å². The van der Waals surface area contributed by atoms with E-state index in [-0.39, 0.29) is 11.7 Å². The Labute approximate surface area is 119 Å². The molecule has 1 atom stereocenters. The number of nitrogens with zero attached hydrogens (tertiary/aromatic N) is 1. The highest BCUT2D eigenvalue weighted by Gasteiger charge is 2.14. The van der Waals surface area contributed by atoms with Crippen LogP contribution < -0.4 is 10.0 Å². The van der Waals surface area contributed by atoms with Crippen molar-refractivity contribution in [1.82, 2.24) is 15.0 Å². The highest BCUT2D eigenvalue weighted by atomic mass is 32.2. The van der Waals surface area contributed by atoms with E-state index in [4.69, 9.17) is 0 Å². The Hall–Kier alpha value is -0.500. The lowest BCUT2D eigenvalue weighted by Crippen LogP contribution is -2.31. The minimum Gasteiger partial charge on any atom is -0.317 e. The number of nitrogens with one attached hydrogen (secondary N) is 2. The first kappa shape index (κ1) is 16.6. The molecular formula is C12H23N3O2S2. The summed E-state index contributed by atoms with van der Waals surface area (Å²) in [6, 6.07) is 0. The molecule has 0 saturated carbocycles. The Morgan fingerprint density at radius 3 is 2.84 bits per heavy atom. The quantitative estimate of drug-likeness (QED) is 0.644. The van der Waals surface area contributed by atoms with Crippen LogP contribution in [0.15, 0.2) is 11.6 Å². The van der Waals surface area contributed by atoms with Gasteiger partial charge in [0.05, 0.1) is 10.8 Å². The van der Waals surface area contributed by atoms with Gasteiger partial charge < -0.3 is 5.32 Å². The highest BCUT2D eigenvalue weighted by Crippen LogP contribution is 2.16. The smallest absolute Gasteiger partial charge is 0.211 e. The van der Waals surface area contributed by atoms with Gasteiger partial charge in [-0.25, -0.2) is 18.1 Å². The molecule has 0 spiro atoms. The van der Waals surface area contributed by atoms with Gasteiger partial charge >= 0.3 is 0 Å². The molecular weight excluding hydrogens is 282 g/mol. The molecule has 110 valence electrons. The zero-order valence-corrected chi connectivity index (χ0v) is 13.2. The third kappa shape index (κ3) is 7.00. The maximum absolute atomic E-state index is 11.8. The van der Waals surface area contributed by atoms with Gasteiger partial charge in [-0.15, -0.1) is 11.3 Å². The SMILES string of the molecule is CCCNCCCS(=O)(=O)NCC(C)c1nccs1. The Balaban J connectivity index is 2.23. The van der Waals surface area contributed by atoms with E-state index in [2.05, 4.69) is 21.9 Å². The summed E-state index contributed by atoms with van der Waals surface area (Å²) in [6.07, 6.45) is 3.45. The third-order valence-electron chi connectivity index (χ3n) is 2.68. The summed E-state index contributed by atoms with van der Waals surface area (Å²) in [4.78, 5) is 4.19. The van der Waals surface area contributed by atoms with Crippen molar-refractivity contribution in [3.63, 3.8) is 0 Å². The van der Waals surface area contributed by atoms with E-state index in [1.807, 2.05) is 12.3 Å². The van der Waals surface area contributed by atoms with E-state index in [0.717, 1.165) is 24.5 Å². The number of hydrogen-bond acceptors (Lipinski definition) is 5. The van der Waals surface area contributed by atoms with Crippen LogP contribution in [0.25, 0.3) is 0 Å². The van der Waals surface area contributed by atoms with Crippen molar-refractivity contribution in [3.8, 4) is 0 Å². The molecule has 0 fully saturated rings. The van der Waals surface area contributed by atoms with Gasteiger partial charge in [0.15, 0.2) is 0 Å². The fourth-order valence-corrected chi connectivity index (χ4v) is 3.45. The van der Waals surface area contributed by atoms with Crippen LogP contribution in [0.3, 0.4) is 0 Å². The summed E-state index contributed by atoms with van der Waals surface area (Å²) < 4.78 is 26.2. The van der Waals surface area contributed by atoms with E-state index in [9.17, 15) is 8.42 Å². The Morgan fingerprint density at radius 2 is 2.21 bits per heavy atom. The summed E-state index contributed by atoms with van der Waals surface area (Å²) >= 11 is 1.55. The van der Waals surface area contributed by atoms with E-state index in [1.54, 1.807) is 17.5 Å². The lowest BCUT2D eigenvalue weighted by Gasteiger charge is -2.11. The molecule has 0 saturated heterocycles. The first-order valence-electron chi connectivity index (χ1n) is 6.62. The fraction of sp³-hybridized carbons (Fsp3) is 0.750. The molecule has 7 heteroatoms. The van der Waals surface area contributed by atoms with Crippen LogP contribution in [0.4, 0.5) is 0 Å². The second-order valence-corrected chi connectivity index (χ2v) is 7.39. The second kappa shape index (κ2) is 8.63. The molecule has 19 heavy (non-hydrogen) atoms. The zero-order chi connectivity index (χ0) is 14.1. The minimum absolute atomic E-state index is 0.119. The first-order valence-corrected chi connectivity index (χ1v) is 9.16. The van der Waals surface area contributed by atoms with Gasteiger partial charge in [-0.3, -0.25) is 0 Å². The molecule has 1 rings (SSSR count). The Kier molecular flexibility index (Phi) is 7.52. The molecule has 0 aliphatic rings. The van der Waals surface area contributed by atoms with Crippen LogP contribution in [0.2, 0.25) is 0 Å². The number of aromatic nitrogens is 1. The summed E-state index contributed by atoms with van der Waals surface area (Å²) in [7, 11) is -3.17. The van der Waals surface area contributed by atoms with Gasteiger partial charge in [0.1, 0.15) is 0 Å². The number of hydrogen-bond donors (Lipinski definition) is 2. The number of thiazole rings is 1. The standard InChI is InChI=1S/C12H23N3O2S2/c1-3-5-13-6-4-9-19(16,17)15-10-11(2)12-14-7-8-18-12/h7-8,11,13,15H,3-6,9-10H2,1-2H3. The van der Waals surface area contributed by atoms with Crippen molar-refractivity contribution in [1.29, 1.82) is 0 Å². The van der Waals surface area contributed by atoms with Crippen LogP contribution in [0.1, 0.15) is 37.6 Å². The van der Waals surface area contributed by atoms with Crippen molar-refractivity contribution in [3.05, 3.63) is 16.6 Å². The van der Waals surface area contributed by atoms with Crippen LogP contribution in [-0.2, 0) is 10.0 Å². The van der Waals surface area contributed by atoms with Gasteiger partial charge in [0, 0.05) is 24.0 Å². The van der Waals surface area contributed by atoms with Crippen LogP contribution in [-0.4, -0.2) is 38.8 Å². The number of sulfonamides is 1. The largest absolute Gasteiger partial charge is 0.317 e. The summed E-state index contributed by atoms with van der Waals surface area (Å²) in [5.74, 6) is 0.293. The van der Waals surface area contributed by atoms with Crippen molar-refractivity contribution in [2.45, 2.75) is 32.6 Å². The van der Waals surface area contributed by atoms with Crippen LogP contribution >= 0.6 is 11.3 Å². The van der Waals surface area contributed by atoms with Crippen LogP contribution in [0, 0.1) is 0 Å². The van der Waals surface area contributed by atoms with Gasteiger partial charge in [-0.2, -0.15) is 0 Å². The molecule has 1 aromatic heterocycles. The molecule has 0 amide bonds. The maximum Gasteiger partial charge on any atom is 0.211 e. The van der Waals surface area contributed by atoms with E-state index in [1.165, 1.54) is 0 Å². The second-order valence-electron chi connectivity index (χ2n) is 4.54. The van der Waals surface area contributed by atoms with Gasteiger partial charge in [-0.05, 0) is 25.9 Å². The Bertz CT molecular complexity index is 432. The Morgan fingerprint density at radius 1 is 1.42 bits per heavy atom. The summed E-state index contributed by atoms with van der Waals surface area (Å²) in [5, 5.41) is 6.06. The lowest BCUT2D eigenvalue weighted by molar-refractivity contribution is 0.568. The first-order chi connectivity index (χ1) is 9.05. The predicted molar refractivity (Wildman–Crippen MR) is 80.1 cm³/mol. The highest BCUT2D eigenvalue weighted by molar-refractivity contribution is 7.89. The van der Waals surface area contributed by atoms with Crippen LogP contribution in [0.5, 0.6) is 0 Å². The topological polar surface area (TPSA) is 71.1 Å². The maximum atomic E-state index is 11.8. The molecule has 5 nitrogen and oxygen atoms in total. The van der Waals surface area contributed by atoms with Gasteiger partial charge in [-0.1, -0.05) is 13.8 Å². The molecule has 0 aliphatic heterocycles. The molecule has 0 aliphatic carbocycles. The zero-order valence-electron chi connectivity index (χ0n) is 11.6. The fourth-order valence-electron chi connectivity index (χ4n) is 1.58. The van der Waals surface area contributed by atoms with Crippen molar-refractivity contribution >= 4 is 21.4 Å². The molecule has 0 aromatic carbocycles. The number of rotatable bonds is 10. The lowest BCUT2D eigenvalue weighted by atomic mass is 10.2. The average Bonchev–Trinajstić information content (AvgIpc) is 2.90. The normalized spacial score (nSPS) is 13.6. The molecule has 0 bridgehead atoms. The summed E-state index contributed by atoms with van der Waals surface area (Å²) in [5.41, 5.74) is 0. The van der Waals surface area contributed by atoms with Crippen molar-refractivity contribution < 1.29 is 8.42 Å². The van der Waals surface area contributed by atoms with E-state index < -0.39 is 10.0 Å². The molecule has 1 heterocycles. The monoisotopic (exact) mass is 305 g/mol. The molecule has 2 N–H and O–H groups in total. The minimum atomic E-state index is -3.17. The summed E-state index contributed by atoms with van der Waals surface area (Å²) in [6.45, 7) is 6.17. The third-order valence-corrected chi connectivity index (χ3v) is 5.12. The molecule has 1 unspecified atom stereocenters.